The molecule has 2 saturated carbocycles. The summed E-state index contributed by atoms with van der Waals surface area (Å²) in [4.78, 5) is 27.4. The van der Waals surface area contributed by atoms with Crippen molar-refractivity contribution in [3.05, 3.63) is 47.0 Å². The standard InChI is InChI=1S/C22H25N5O3/c28-19(12-27-17-4-1-2-5-18(17)30-21(27)29)25-11-16(22(13-25)8-3-9-22)20-24-23-14-26(20)10-15-6-7-15/h1-2,4-5,14-16H,3,6-13H2. The molecule has 1 spiro atoms. The largest absolute Gasteiger partial charge is 0.420 e. The Kier molecular flexibility index (Phi) is 3.91. The van der Waals surface area contributed by atoms with Gasteiger partial charge >= 0.3 is 5.76 Å². The first-order valence-corrected chi connectivity index (χ1v) is 10.9. The van der Waals surface area contributed by atoms with Gasteiger partial charge in [-0.1, -0.05) is 18.6 Å². The van der Waals surface area contributed by atoms with E-state index < -0.39 is 5.76 Å². The third-order valence-electron chi connectivity index (χ3n) is 7.33. The second-order valence-electron chi connectivity index (χ2n) is 9.25. The van der Waals surface area contributed by atoms with Crippen molar-refractivity contribution in [2.24, 2.45) is 11.3 Å². The zero-order valence-electron chi connectivity index (χ0n) is 16.9. The van der Waals surface area contributed by atoms with Gasteiger partial charge in [0, 0.05) is 25.6 Å². The Morgan fingerprint density at radius 3 is 2.83 bits per heavy atom. The van der Waals surface area contributed by atoms with Gasteiger partial charge in [0.2, 0.25) is 5.91 Å². The molecule has 2 aliphatic carbocycles. The van der Waals surface area contributed by atoms with Crippen molar-refractivity contribution in [3.8, 4) is 0 Å². The van der Waals surface area contributed by atoms with Crippen LogP contribution in [0.1, 0.15) is 43.8 Å². The molecule has 3 fully saturated rings. The lowest BCUT2D eigenvalue weighted by Crippen LogP contribution is -2.39. The molecule has 30 heavy (non-hydrogen) atoms. The molecular formula is C22H25N5O3. The van der Waals surface area contributed by atoms with E-state index in [4.69, 9.17) is 4.42 Å². The highest BCUT2D eigenvalue weighted by atomic mass is 16.4. The molecule has 1 atom stereocenters. The number of oxazole rings is 1. The second kappa shape index (κ2) is 6.55. The predicted molar refractivity (Wildman–Crippen MR) is 109 cm³/mol. The number of fused-ring (bicyclic) bond motifs is 1. The molecule has 1 aromatic carbocycles. The Bertz CT molecular complexity index is 1170. The molecule has 3 aromatic rings. The molecule has 156 valence electrons. The number of nitrogens with zero attached hydrogens (tertiary/aromatic N) is 5. The van der Waals surface area contributed by atoms with Gasteiger partial charge in [0.25, 0.3) is 0 Å². The summed E-state index contributed by atoms with van der Waals surface area (Å²) in [7, 11) is 0. The van der Waals surface area contributed by atoms with E-state index in [0.29, 0.717) is 17.6 Å². The molecule has 0 bridgehead atoms. The molecular weight excluding hydrogens is 382 g/mol. The minimum Gasteiger partial charge on any atom is -0.408 e. The van der Waals surface area contributed by atoms with E-state index in [1.54, 1.807) is 6.07 Å². The van der Waals surface area contributed by atoms with E-state index in [0.717, 1.165) is 37.7 Å². The van der Waals surface area contributed by atoms with Crippen LogP contribution < -0.4 is 5.76 Å². The van der Waals surface area contributed by atoms with Gasteiger partial charge in [-0.05, 0) is 49.1 Å². The number of likely N-dealkylation sites (tertiary alicyclic amines) is 1. The molecule has 1 saturated heterocycles. The van der Waals surface area contributed by atoms with Gasteiger partial charge in [-0.3, -0.25) is 9.36 Å². The molecule has 0 radical (unpaired) electrons. The van der Waals surface area contributed by atoms with Crippen LogP contribution in [0.2, 0.25) is 0 Å². The SMILES string of the molecule is O=C(Cn1c(=O)oc2ccccc21)N1CC(c2nncn2CC2CC2)C2(CCC2)C1. The van der Waals surface area contributed by atoms with Gasteiger partial charge in [0.1, 0.15) is 18.7 Å². The number of carbonyl (C=O) groups is 1. The van der Waals surface area contributed by atoms with Crippen LogP contribution in [-0.2, 0) is 17.9 Å². The van der Waals surface area contributed by atoms with Crippen LogP contribution in [-0.4, -0.2) is 43.2 Å². The third kappa shape index (κ3) is 2.80. The number of hydrogen-bond acceptors (Lipinski definition) is 5. The van der Waals surface area contributed by atoms with Crippen LogP contribution in [0.4, 0.5) is 0 Å². The maximum atomic E-state index is 13.2. The minimum absolute atomic E-state index is 0.00735. The van der Waals surface area contributed by atoms with Crippen LogP contribution in [0.15, 0.2) is 39.8 Å². The fraction of sp³-hybridized carbons (Fsp3) is 0.545. The normalized spacial score (nSPS) is 22.7. The first-order valence-electron chi connectivity index (χ1n) is 10.9. The smallest absolute Gasteiger partial charge is 0.408 e. The molecule has 1 amide bonds. The number of hydrogen-bond donors (Lipinski definition) is 0. The van der Waals surface area contributed by atoms with Crippen molar-refractivity contribution in [3.63, 3.8) is 0 Å². The predicted octanol–water partition coefficient (Wildman–Crippen LogP) is 2.39. The average molecular weight is 407 g/mol. The van der Waals surface area contributed by atoms with E-state index >= 15 is 0 Å². The summed E-state index contributed by atoms with van der Waals surface area (Å²) in [5.74, 6) is 1.48. The lowest BCUT2D eigenvalue weighted by molar-refractivity contribution is -0.131. The van der Waals surface area contributed by atoms with Crippen LogP contribution in [0.25, 0.3) is 11.1 Å². The number of amides is 1. The van der Waals surface area contributed by atoms with E-state index in [2.05, 4.69) is 14.8 Å². The molecule has 3 aliphatic rings. The van der Waals surface area contributed by atoms with Gasteiger partial charge in [-0.2, -0.15) is 0 Å². The number of aromatic nitrogens is 4. The third-order valence-corrected chi connectivity index (χ3v) is 7.33. The zero-order chi connectivity index (χ0) is 20.3. The molecule has 0 N–H and O–H groups in total. The Labute approximate surface area is 173 Å². The summed E-state index contributed by atoms with van der Waals surface area (Å²) in [6.07, 6.45) is 7.85. The Morgan fingerprint density at radius 1 is 1.23 bits per heavy atom. The maximum absolute atomic E-state index is 13.2. The fourth-order valence-electron chi connectivity index (χ4n) is 5.30. The zero-order valence-corrected chi connectivity index (χ0v) is 16.9. The van der Waals surface area contributed by atoms with Crippen molar-refractivity contribution in [2.45, 2.75) is 51.1 Å². The van der Waals surface area contributed by atoms with Crippen LogP contribution in [0.5, 0.6) is 0 Å². The number of para-hydroxylation sites is 2. The monoisotopic (exact) mass is 407 g/mol. The maximum Gasteiger partial charge on any atom is 0.420 e. The number of benzene rings is 1. The summed E-state index contributed by atoms with van der Waals surface area (Å²) in [6, 6.07) is 7.23. The number of rotatable bonds is 5. The van der Waals surface area contributed by atoms with Crippen molar-refractivity contribution in [2.75, 3.05) is 13.1 Å². The Morgan fingerprint density at radius 2 is 2.07 bits per heavy atom. The van der Waals surface area contributed by atoms with Gasteiger partial charge in [-0.15, -0.1) is 10.2 Å². The van der Waals surface area contributed by atoms with Gasteiger partial charge in [0.15, 0.2) is 5.58 Å². The lowest BCUT2D eigenvalue weighted by Gasteiger charge is -2.42. The summed E-state index contributed by atoms with van der Waals surface area (Å²) >= 11 is 0. The van der Waals surface area contributed by atoms with Gasteiger partial charge in [0.05, 0.1) is 5.52 Å². The average Bonchev–Trinajstić information content (AvgIpc) is 3.12. The first-order chi connectivity index (χ1) is 14.6. The quantitative estimate of drug-likeness (QED) is 0.648. The van der Waals surface area contributed by atoms with E-state index in [1.807, 2.05) is 29.4 Å². The van der Waals surface area contributed by atoms with E-state index in [-0.39, 0.29) is 23.8 Å². The molecule has 3 heterocycles. The Balaban J connectivity index is 1.26. The first kappa shape index (κ1) is 17.9. The number of carbonyl (C=O) groups excluding carboxylic acids is 1. The van der Waals surface area contributed by atoms with Crippen molar-refractivity contribution in [1.82, 2.24) is 24.2 Å². The highest BCUT2D eigenvalue weighted by molar-refractivity contribution is 5.80. The van der Waals surface area contributed by atoms with Crippen molar-refractivity contribution < 1.29 is 9.21 Å². The highest BCUT2D eigenvalue weighted by Gasteiger charge is 2.53. The van der Waals surface area contributed by atoms with E-state index in [9.17, 15) is 9.59 Å². The summed E-state index contributed by atoms with van der Waals surface area (Å²) < 4.78 is 8.94. The van der Waals surface area contributed by atoms with Crippen LogP contribution >= 0.6 is 0 Å². The summed E-state index contributed by atoms with van der Waals surface area (Å²) in [5, 5.41) is 8.69. The van der Waals surface area contributed by atoms with Crippen molar-refractivity contribution >= 4 is 17.0 Å². The van der Waals surface area contributed by atoms with Gasteiger partial charge in [-0.25, -0.2) is 4.79 Å². The summed E-state index contributed by atoms with van der Waals surface area (Å²) in [5.41, 5.74) is 1.28. The molecule has 8 heteroatoms. The highest BCUT2D eigenvalue weighted by Crippen LogP contribution is 2.55. The van der Waals surface area contributed by atoms with Crippen LogP contribution in [0, 0.1) is 11.3 Å². The fourth-order valence-corrected chi connectivity index (χ4v) is 5.30. The summed E-state index contributed by atoms with van der Waals surface area (Å²) in [6.45, 7) is 2.37. The Hall–Kier alpha value is -2.90. The second-order valence-corrected chi connectivity index (χ2v) is 9.25. The molecule has 8 nitrogen and oxygen atoms in total. The molecule has 1 unspecified atom stereocenters. The lowest BCUT2D eigenvalue weighted by atomic mass is 9.62. The van der Waals surface area contributed by atoms with Crippen molar-refractivity contribution in [1.29, 1.82) is 0 Å². The molecule has 1 aliphatic heterocycles. The van der Waals surface area contributed by atoms with Gasteiger partial charge < -0.3 is 13.9 Å². The molecule has 6 rings (SSSR count). The molecule has 2 aromatic heterocycles. The van der Waals surface area contributed by atoms with E-state index in [1.165, 1.54) is 23.8 Å². The topological polar surface area (TPSA) is 86.2 Å². The van der Waals surface area contributed by atoms with Crippen LogP contribution in [0.3, 0.4) is 0 Å². The minimum atomic E-state index is -0.483.